The van der Waals surface area contributed by atoms with E-state index in [2.05, 4.69) is 81.4 Å². The predicted molar refractivity (Wildman–Crippen MR) is 411 cm³/mol. The monoisotopic (exact) mass is 1660 g/mol. The van der Waals surface area contributed by atoms with Gasteiger partial charge in [0.15, 0.2) is 5.96 Å². The smallest absolute Gasteiger partial charge is 0.326 e. The number of amides is 15. The van der Waals surface area contributed by atoms with Crippen LogP contribution in [0.1, 0.15) is 164 Å². The van der Waals surface area contributed by atoms with Crippen LogP contribution in [0.2, 0.25) is 0 Å². The Morgan fingerprint density at radius 3 is 0.983 bits per heavy atom. The van der Waals surface area contributed by atoms with Gasteiger partial charge in [-0.25, -0.2) is 4.79 Å². The Labute approximate surface area is 669 Å². The standard InChI is InChI=1S/C68H119N21O25S/c1-7-32(4)51(64(110)81-40(19-22-48(94)95)58(104)80-39(18-21-46(72)92)57(103)77-36(15-10-12-24-69)56(102)82-41(67(113)114)20-23-49(96)97)87-59(105)37(16-11-13-25-70)78-55(101)38(17-14-26-76-68(74)75)79-61(107)44(30-91)85-65(111)52(33(5)8-2)89-66(112)53(34(6)9-3)88-63(109)45(31-115)86-60(106)42(28-50(98)99)83-62(108)43(29-90)84-54(100)35(71)27-47(73)93/h32-45,51-53,90-91,115H,7-31,69-71H2,1-6H3,(H2,72,92)(H2,73,93)(H,77,103)(H,78,101)(H,79,107)(H,80,104)(H,81,110)(H,82,102)(H,83,108)(H,84,100)(H,85,111)(H,86,106)(H,87,105)(H,88,109)(H,89,112)(H,94,95)(H,96,97)(H,98,99)(H,113,114)(H4,74,75,76)/t32-,33-,34-,35-,36-,37-,38-,39-,40-,41-,42?,43-,44-,45-,51-,52-,53-/m0/s1. The number of aliphatic imine (C=N–C) groups is 1. The number of hydrogen-bond acceptors (Lipinski definition) is 26. The molecular formula is C68H119N21O25S. The molecule has 0 rings (SSSR count). The Hall–Kier alpha value is -10.6. The lowest BCUT2D eigenvalue weighted by Gasteiger charge is -2.31. The highest BCUT2D eigenvalue weighted by molar-refractivity contribution is 7.80. The van der Waals surface area contributed by atoms with Crippen LogP contribution in [0.4, 0.5) is 0 Å². The second kappa shape index (κ2) is 55.8. The molecule has 1 unspecified atom stereocenters. The molecule has 652 valence electrons. The number of nitrogens with zero attached hydrogens (tertiary/aromatic N) is 1. The van der Waals surface area contributed by atoms with Crippen molar-refractivity contribution in [2.24, 2.45) is 62.9 Å². The van der Waals surface area contributed by atoms with Crippen molar-refractivity contribution in [2.75, 3.05) is 38.6 Å². The van der Waals surface area contributed by atoms with E-state index in [1.165, 1.54) is 20.8 Å². The van der Waals surface area contributed by atoms with Crippen molar-refractivity contribution in [1.29, 1.82) is 0 Å². The summed E-state index contributed by atoms with van der Waals surface area (Å²) < 4.78 is 0. The van der Waals surface area contributed by atoms with Gasteiger partial charge in [0, 0.05) is 31.6 Å². The summed E-state index contributed by atoms with van der Waals surface area (Å²) in [7, 11) is 0. The van der Waals surface area contributed by atoms with E-state index < -0.39 is 285 Å². The zero-order chi connectivity index (χ0) is 87.9. The second-order valence-corrected chi connectivity index (χ2v) is 27.7. The fourth-order valence-electron chi connectivity index (χ4n) is 10.8. The Morgan fingerprint density at radius 1 is 0.339 bits per heavy atom. The first-order valence-electron chi connectivity index (χ1n) is 37.4. The number of thiol groups is 1. The zero-order valence-corrected chi connectivity index (χ0v) is 66.3. The van der Waals surface area contributed by atoms with Crippen LogP contribution in [0.5, 0.6) is 0 Å². The number of carboxylic acids is 4. The number of carboxylic acid groups (broad SMARTS) is 4. The number of carbonyl (C=O) groups is 19. The van der Waals surface area contributed by atoms with Crippen molar-refractivity contribution in [3.05, 3.63) is 0 Å². The van der Waals surface area contributed by atoms with E-state index in [9.17, 15) is 117 Å². The normalized spacial score (nSPS) is 15.5. The molecule has 33 N–H and O–H groups in total. The number of primary amides is 2. The summed E-state index contributed by atoms with van der Waals surface area (Å²) in [6.45, 7) is 7.31. The Morgan fingerprint density at radius 2 is 0.635 bits per heavy atom. The van der Waals surface area contributed by atoms with Crippen LogP contribution in [0.15, 0.2) is 4.99 Å². The zero-order valence-electron chi connectivity index (χ0n) is 65.4. The molecule has 17 atom stereocenters. The fourth-order valence-corrected chi connectivity index (χ4v) is 11.0. The number of unbranched alkanes of at least 4 members (excludes halogenated alkanes) is 2. The number of carbonyl (C=O) groups excluding carboxylic acids is 15. The molecule has 0 aromatic rings. The van der Waals surface area contributed by atoms with Crippen LogP contribution < -0.4 is 109 Å². The lowest BCUT2D eigenvalue weighted by Crippen LogP contribution is -2.63. The van der Waals surface area contributed by atoms with Gasteiger partial charge in [-0.3, -0.25) is 91.3 Å². The van der Waals surface area contributed by atoms with Gasteiger partial charge in [0.2, 0.25) is 88.6 Å². The largest absolute Gasteiger partial charge is 0.481 e. The number of nitrogens with two attached hydrogens (primary N) is 7. The molecule has 115 heavy (non-hydrogen) atoms. The molecule has 0 radical (unpaired) electrons. The first-order chi connectivity index (χ1) is 54.0. The van der Waals surface area contributed by atoms with Crippen LogP contribution in [0, 0.1) is 17.8 Å². The molecule has 0 fully saturated rings. The Kier molecular flexibility index (Phi) is 50.6. The molecule has 0 saturated heterocycles. The van der Waals surface area contributed by atoms with Crippen LogP contribution in [0.25, 0.3) is 0 Å². The van der Waals surface area contributed by atoms with Gasteiger partial charge in [-0.1, -0.05) is 60.8 Å². The number of guanidine groups is 1. The number of aliphatic carboxylic acids is 4. The molecule has 0 spiro atoms. The average Bonchev–Trinajstić information content (AvgIpc) is 0.854. The van der Waals surface area contributed by atoms with Crippen molar-refractivity contribution in [3.8, 4) is 0 Å². The number of aliphatic hydroxyl groups excluding tert-OH is 2. The van der Waals surface area contributed by atoms with Gasteiger partial charge in [-0.05, 0) is 101 Å². The minimum atomic E-state index is -1.98. The first-order valence-corrected chi connectivity index (χ1v) is 38.1. The van der Waals surface area contributed by atoms with Crippen LogP contribution >= 0.6 is 12.6 Å². The number of aliphatic hydroxyl groups is 2. The molecule has 0 aromatic carbocycles. The maximum absolute atomic E-state index is 14.6. The summed E-state index contributed by atoms with van der Waals surface area (Å²) >= 11 is 4.15. The van der Waals surface area contributed by atoms with E-state index in [1.54, 1.807) is 20.8 Å². The topological polar surface area (TPSA) is 797 Å². The highest BCUT2D eigenvalue weighted by atomic mass is 32.1. The van der Waals surface area contributed by atoms with Gasteiger partial charge in [0.1, 0.15) is 78.5 Å². The Bertz CT molecular complexity index is 3340. The minimum Gasteiger partial charge on any atom is -0.481 e. The van der Waals surface area contributed by atoms with Crippen LogP contribution in [0.3, 0.4) is 0 Å². The average molecular weight is 1660 g/mol. The molecule has 0 aliphatic heterocycles. The van der Waals surface area contributed by atoms with E-state index in [1.807, 2.05) is 5.32 Å². The van der Waals surface area contributed by atoms with E-state index in [4.69, 9.17) is 45.2 Å². The van der Waals surface area contributed by atoms with Crippen LogP contribution in [-0.2, 0) is 91.1 Å². The van der Waals surface area contributed by atoms with E-state index in [0.29, 0.717) is 6.42 Å². The summed E-state index contributed by atoms with van der Waals surface area (Å²) in [6, 6.07) is -23.7. The van der Waals surface area contributed by atoms with E-state index in [0.717, 1.165) is 0 Å². The number of rotatable bonds is 61. The van der Waals surface area contributed by atoms with Gasteiger partial charge >= 0.3 is 23.9 Å². The van der Waals surface area contributed by atoms with Gasteiger partial charge in [0.05, 0.1) is 32.1 Å². The van der Waals surface area contributed by atoms with Crippen molar-refractivity contribution in [3.63, 3.8) is 0 Å². The summed E-state index contributed by atoms with van der Waals surface area (Å²) in [4.78, 5) is 256. The quantitative estimate of drug-likeness (QED) is 0.0116. The second-order valence-electron chi connectivity index (χ2n) is 27.4. The van der Waals surface area contributed by atoms with Gasteiger partial charge in [-0.2, -0.15) is 12.6 Å². The molecule has 0 aliphatic rings. The summed E-state index contributed by atoms with van der Waals surface area (Å²) in [5, 5.41) is 89.4. The SMILES string of the molecule is CC[C@H](C)[C@H](NC(=O)[C@H](CCCCN)NC(=O)[C@H](CCCN=C(N)N)NC(=O)[C@H](CO)NC(=O)[C@@H](NC(=O)[C@@H](NC(=O)[C@H](CS)NC(=O)C(CC(=O)O)NC(=O)[C@H](CO)NC(=O)[C@@H](N)CC(N)=O)[C@@H](C)CC)[C@@H](C)CC)C(=O)N[C@@H](CCC(=O)O)C(=O)N[C@@H](CCC(N)=O)C(=O)N[C@@H](CCCCN)C(=O)N[C@@H](CCC(=O)O)C(=O)O. The molecule has 0 heterocycles. The highest BCUT2D eigenvalue weighted by Gasteiger charge is 2.40. The lowest BCUT2D eigenvalue weighted by molar-refractivity contribution is -0.144. The fraction of sp³-hybridized carbons (Fsp3) is 0.706. The maximum Gasteiger partial charge on any atom is 0.326 e. The van der Waals surface area contributed by atoms with Crippen molar-refractivity contribution < 1.29 is 122 Å². The third kappa shape index (κ3) is 40.8. The lowest BCUT2D eigenvalue weighted by atomic mass is 9.94. The van der Waals surface area contributed by atoms with Crippen molar-refractivity contribution in [1.82, 2.24) is 69.1 Å². The van der Waals surface area contributed by atoms with E-state index >= 15 is 0 Å². The predicted octanol–water partition coefficient (Wildman–Crippen LogP) is -9.59. The summed E-state index contributed by atoms with van der Waals surface area (Å²) in [5.41, 5.74) is 38.6. The maximum atomic E-state index is 14.6. The molecule has 0 aliphatic carbocycles. The van der Waals surface area contributed by atoms with Crippen LogP contribution in [-0.4, -0.2) is 272 Å². The summed E-state index contributed by atoms with van der Waals surface area (Å²) in [5.74, 6) is -25.9. The van der Waals surface area contributed by atoms with Crippen molar-refractivity contribution in [2.45, 2.75) is 248 Å². The molecule has 47 heteroatoms. The number of nitrogens with one attached hydrogen (secondary N) is 13. The van der Waals surface area contributed by atoms with Gasteiger partial charge in [0.25, 0.3) is 0 Å². The third-order valence-electron chi connectivity index (χ3n) is 18.2. The summed E-state index contributed by atoms with van der Waals surface area (Å²) in [6.07, 6.45) is -4.87. The number of hydrogen-bond donors (Lipinski definition) is 27. The first kappa shape index (κ1) is 104. The van der Waals surface area contributed by atoms with E-state index in [-0.39, 0.29) is 89.8 Å². The Balaban J connectivity index is 7.26. The molecular weight excluding hydrogens is 1540 g/mol. The minimum absolute atomic E-state index is 0.0489. The molecule has 46 nitrogen and oxygen atoms in total. The van der Waals surface area contributed by atoms with Crippen molar-refractivity contribution >= 4 is 131 Å². The molecule has 15 amide bonds. The third-order valence-corrected chi connectivity index (χ3v) is 18.6. The molecule has 0 bridgehead atoms. The van der Waals surface area contributed by atoms with Gasteiger partial charge < -0.3 is 140 Å². The molecule has 0 aromatic heterocycles. The molecule has 0 saturated carbocycles. The van der Waals surface area contributed by atoms with Gasteiger partial charge in [-0.15, -0.1) is 0 Å². The highest BCUT2D eigenvalue weighted by Crippen LogP contribution is 2.17.